The van der Waals surface area contributed by atoms with E-state index in [2.05, 4.69) is 0 Å². The molecule has 1 aromatic carbocycles. The van der Waals surface area contributed by atoms with Gasteiger partial charge in [0.15, 0.2) is 0 Å². The Kier molecular flexibility index (Phi) is 6.01. The Labute approximate surface area is 213 Å². The molecule has 2 unspecified atom stereocenters. The third-order valence-corrected chi connectivity index (χ3v) is 9.52. The van der Waals surface area contributed by atoms with E-state index in [0.717, 1.165) is 84.5 Å². The summed E-state index contributed by atoms with van der Waals surface area (Å²) in [5.74, 6) is 0.199. The summed E-state index contributed by atoms with van der Waals surface area (Å²) in [6.07, 6.45) is 2.84. The molecule has 2 N–H and O–H groups in total. The van der Waals surface area contributed by atoms with Crippen molar-refractivity contribution >= 4 is 11.3 Å². The van der Waals surface area contributed by atoms with Crippen molar-refractivity contribution in [1.29, 1.82) is 0 Å². The van der Waals surface area contributed by atoms with E-state index >= 15 is 0 Å². The lowest BCUT2D eigenvalue weighted by molar-refractivity contribution is -0.137. The normalized spacial score (nSPS) is 22.4. The zero-order chi connectivity index (χ0) is 25.1. The molecule has 0 saturated heterocycles. The molecule has 0 amide bonds. The maximum atomic E-state index is 13.2. The van der Waals surface area contributed by atoms with Crippen LogP contribution in [0, 0.1) is 5.41 Å². The van der Waals surface area contributed by atoms with Gasteiger partial charge in [-0.3, -0.25) is 4.98 Å². The number of alkyl halides is 3. The van der Waals surface area contributed by atoms with E-state index < -0.39 is 23.9 Å². The third kappa shape index (κ3) is 4.09. The Bertz CT molecular complexity index is 1240. The summed E-state index contributed by atoms with van der Waals surface area (Å²) in [4.78, 5) is 6.16. The van der Waals surface area contributed by atoms with E-state index in [1.165, 1.54) is 18.6 Å². The van der Waals surface area contributed by atoms with Crippen molar-refractivity contribution in [3.05, 3.63) is 75.4 Å². The van der Waals surface area contributed by atoms with Gasteiger partial charge in [-0.15, -0.1) is 11.3 Å². The van der Waals surface area contributed by atoms with Gasteiger partial charge in [-0.05, 0) is 73.1 Å². The molecular weight excluding hydrogens is 483 g/mol. The third-order valence-electron chi connectivity index (χ3n) is 8.63. The maximum Gasteiger partial charge on any atom is 0.416 e. The first-order valence-electron chi connectivity index (χ1n) is 12.9. The zero-order valence-corrected chi connectivity index (χ0v) is 20.8. The largest absolute Gasteiger partial charge is 0.416 e. The summed E-state index contributed by atoms with van der Waals surface area (Å²) >= 11 is 1.56. The summed E-state index contributed by atoms with van der Waals surface area (Å²) in [6, 6.07) is 8.74. The molecule has 190 valence electrons. The van der Waals surface area contributed by atoms with E-state index in [1.807, 2.05) is 17.5 Å². The van der Waals surface area contributed by atoms with Crippen molar-refractivity contribution in [3.63, 3.8) is 0 Å². The van der Waals surface area contributed by atoms with Crippen LogP contribution in [0.1, 0.15) is 103 Å². The first kappa shape index (κ1) is 24.1. The predicted molar refractivity (Wildman–Crippen MR) is 134 cm³/mol. The van der Waals surface area contributed by atoms with Gasteiger partial charge in [0.05, 0.1) is 17.4 Å². The lowest BCUT2D eigenvalue weighted by atomic mass is 9.59. The minimum absolute atomic E-state index is 0.118. The Hall–Kier alpha value is -2.22. The van der Waals surface area contributed by atoms with Crippen molar-refractivity contribution in [2.75, 3.05) is 0 Å². The van der Waals surface area contributed by atoms with E-state index in [9.17, 15) is 23.4 Å². The van der Waals surface area contributed by atoms with Gasteiger partial charge in [0.2, 0.25) is 0 Å². The van der Waals surface area contributed by atoms with Crippen molar-refractivity contribution in [1.82, 2.24) is 4.98 Å². The molecule has 2 fully saturated rings. The van der Waals surface area contributed by atoms with Crippen LogP contribution in [0.3, 0.4) is 0 Å². The fourth-order valence-electron chi connectivity index (χ4n) is 6.67. The molecule has 3 aliphatic rings. The smallest absolute Gasteiger partial charge is 0.388 e. The minimum atomic E-state index is -4.43. The first-order valence-corrected chi connectivity index (χ1v) is 13.8. The van der Waals surface area contributed by atoms with Crippen LogP contribution in [-0.4, -0.2) is 15.2 Å². The number of benzene rings is 1. The maximum absolute atomic E-state index is 13.2. The summed E-state index contributed by atoms with van der Waals surface area (Å²) in [7, 11) is 0. The number of thiophene rings is 1. The second-order valence-corrected chi connectivity index (χ2v) is 11.8. The number of aliphatic hydroxyl groups excluding tert-OH is 2. The average molecular weight is 514 g/mol. The molecule has 2 aromatic heterocycles. The number of aliphatic hydroxyl groups is 2. The van der Waals surface area contributed by atoms with Crippen molar-refractivity contribution in [3.8, 4) is 10.4 Å². The highest BCUT2D eigenvalue weighted by Gasteiger charge is 2.46. The number of aromatic nitrogens is 1. The van der Waals surface area contributed by atoms with Crippen molar-refractivity contribution < 1.29 is 23.4 Å². The Balaban J connectivity index is 1.56. The summed E-state index contributed by atoms with van der Waals surface area (Å²) in [5, 5.41) is 25.2. The molecule has 3 nitrogen and oxygen atoms in total. The van der Waals surface area contributed by atoms with Crippen LogP contribution >= 0.6 is 11.3 Å². The topological polar surface area (TPSA) is 53.4 Å². The zero-order valence-electron chi connectivity index (χ0n) is 20.0. The number of nitrogens with zero attached hydrogens (tertiary/aromatic N) is 1. The lowest BCUT2D eigenvalue weighted by Gasteiger charge is -2.47. The number of pyridine rings is 1. The van der Waals surface area contributed by atoms with E-state index in [4.69, 9.17) is 4.98 Å². The molecule has 0 aliphatic heterocycles. The molecular formula is C29H30F3NO2S. The van der Waals surface area contributed by atoms with Crippen LogP contribution in [0.4, 0.5) is 13.2 Å². The number of halogens is 3. The second kappa shape index (κ2) is 8.96. The monoisotopic (exact) mass is 513 g/mol. The summed E-state index contributed by atoms with van der Waals surface area (Å²) in [5.41, 5.74) is 3.90. The van der Waals surface area contributed by atoms with Gasteiger partial charge in [0.1, 0.15) is 6.10 Å². The van der Waals surface area contributed by atoms with Gasteiger partial charge in [-0.1, -0.05) is 37.5 Å². The van der Waals surface area contributed by atoms with E-state index in [-0.39, 0.29) is 11.3 Å². The SMILES string of the molecule is OC1CC2(CCC2)Cc2nc(C3CCCC3)c(C(O)c3ccc(C(F)(F)F)cc3)c(-c3cccs3)c21. The minimum Gasteiger partial charge on any atom is -0.388 e. The molecule has 0 radical (unpaired) electrons. The van der Waals surface area contributed by atoms with Gasteiger partial charge in [-0.25, -0.2) is 0 Å². The van der Waals surface area contributed by atoms with Gasteiger partial charge in [0.25, 0.3) is 0 Å². The molecule has 7 heteroatoms. The number of fused-ring (bicyclic) bond motifs is 1. The molecule has 2 heterocycles. The quantitative estimate of drug-likeness (QED) is 0.376. The predicted octanol–water partition coefficient (Wildman–Crippen LogP) is 7.72. The summed E-state index contributed by atoms with van der Waals surface area (Å²) < 4.78 is 39.6. The van der Waals surface area contributed by atoms with Gasteiger partial charge < -0.3 is 10.2 Å². The highest BCUT2D eigenvalue weighted by atomic mass is 32.1. The van der Waals surface area contributed by atoms with E-state index in [1.54, 1.807) is 11.3 Å². The molecule has 3 aliphatic carbocycles. The van der Waals surface area contributed by atoms with Gasteiger partial charge >= 0.3 is 6.18 Å². The number of hydrogen-bond donors (Lipinski definition) is 2. The molecule has 0 bridgehead atoms. The molecule has 6 rings (SSSR count). The van der Waals surface area contributed by atoms with Crippen LogP contribution in [0.5, 0.6) is 0 Å². The van der Waals surface area contributed by atoms with Crippen LogP contribution in [0.15, 0.2) is 41.8 Å². The van der Waals surface area contributed by atoms with Gasteiger partial charge in [0, 0.05) is 33.2 Å². The Morgan fingerprint density at radius 3 is 2.33 bits per heavy atom. The van der Waals surface area contributed by atoms with Crippen LogP contribution in [0.2, 0.25) is 0 Å². The lowest BCUT2D eigenvalue weighted by Crippen LogP contribution is -2.38. The number of rotatable bonds is 4. The fraction of sp³-hybridized carbons (Fsp3) is 0.483. The van der Waals surface area contributed by atoms with Crippen LogP contribution in [0.25, 0.3) is 10.4 Å². The molecule has 1 spiro atoms. The Morgan fingerprint density at radius 1 is 1.03 bits per heavy atom. The van der Waals surface area contributed by atoms with E-state index in [0.29, 0.717) is 17.5 Å². The molecule has 3 aromatic rings. The standard InChI is InChI=1S/C29H30F3NO2S/c30-29(31,32)19-10-8-18(9-11-19)27(35)25-24(22-7-3-14-36-22)23-20(33-26(25)17-5-1-2-6-17)15-28(12-4-13-28)16-21(23)34/h3,7-11,14,17,21,27,34-35H,1-2,4-6,12-13,15-16H2. The van der Waals surface area contributed by atoms with Crippen molar-refractivity contribution in [2.45, 2.75) is 82.1 Å². The fourth-order valence-corrected chi connectivity index (χ4v) is 7.47. The average Bonchev–Trinajstić information content (AvgIpc) is 3.55. The van der Waals surface area contributed by atoms with Crippen LogP contribution in [-0.2, 0) is 12.6 Å². The molecule has 2 atom stereocenters. The second-order valence-electron chi connectivity index (χ2n) is 10.9. The summed E-state index contributed by atoms with van der Waals surface area (Å²) in [6.45, 7) is 0. The number of hydrogen-bond acceptors (Lipinski definition) is 4. The highest BCUT2D eigenvalue weighted by Crippen LogP contribution is 2.56. The molecule has 2 saturated carbocycles. The molecule has 36 heavy (non-hydrogen) atoms. The van der Waals surface area contributed by atoms with Gasteiger partial charge in [-0.2, -0.15) is 13.2 Å². The van der Waals surface area contributed by atoms with Crippen molar-refractivity contribution in [2.24, 2.45) is 5.41 Å². The Morgan fingerprint density at radius 2 is 1.75 bits per heavy atom. The highest BCUT2D eigenvalue weighted by molar-refractivity contribution is 7.13. The first-order chi connectivity index (χ1) is 17.3. The van der Waals surface area contributed by atoms with Crippen LogP contribution < -0.4 is 0 Å².